The van der Waals surface area contributed by atoms with Gasteiger partial charge in [0.25, 0.3) is 0 Å². The second-order valence-corrected chi connectivity index (χ2v) is 9.73. The fourth-order valence-corrected chi connectivity index (χ4v) is 4.53. The molecule has 5 heteroatoms. The predicted octanol–water partition coefficient (Wildman–Crippen LogP) is 6.92. The molecule has 0 saturated heterocycles. The highest BCUT2D eigenvalue weighted by molar-refractivity contribution is 6.04. The SMILES string of the molecule is CN(C)c1ccc(C=Nc2cccc(C3=NN(c4ccccc4)C(c4ccc(N(C)C)cc4)C3)c2)cc1. The van der Waals surface area contributed by atoms with E-state index in [0.717, 1.165) is 34.6 Å². The maximum atomic E-state index is 5.11. The van der Waals surface area contributed by atoms with Crippen LogP contribution >= 0.6 is 0 Å². The molecule has 0 N–H and O–H groups in total. The fraction of sp³-hybridized carbons (Fsp3) is 0.188. The Labute approximate surface area is 220 Å². The average Bonchev–Trinajstić information content (AvgIpc) is 3.38. The molecule has 4 aromatic carbocycles. The van der Waals surface area contributed by atoms with E-state index in [2.05, 4.69) is 120 Å². The summed E-state index contributed by atoms with van der Waals surface area (Å²) >= 11 is 0. The Morgan fingerprint density at radius 1 is 0.757 bits per heavy atom. The van der Waals surface area contributed by atoms with Gasteiger partial charge in [0.1, 0.15) is 0 Å². The molecule has 1 heterocycles. The van der Waals surface area contributed by atoms with Gasteiger partial charge in [-0.05, 0) is 65.2 Å². The highest BCUT2D eigenvalue weighted by Crippen LogP contribution is 2.37. The second-order valence-electron chi connectivity index (χ2n) is 9.73. The van der Waals surface area contributed by atoms with Crippen molar-refractivity contribution >= 4 is 34.7 Å². The average molecular weight is 488 g/mol. The lowest BCUT2D eigenvalue weighted by molar-refractivity contribution is 0.709. The third-order valence-corrected chi connectivity index (χ3v) is 6.68. The molecule has 5 nitrogen and oxygen atoms in total. The van der Waals surface area contributed by atoms with Crippen molar-refractivity contribution in [3.8, 4) is 0 Å². The van der Waals surface area contributed by atoms with E-state index >= 15 is 0 Å². The number of rotatable bonds is 7. The van der Waals surface area contributed by atoms with E-state index in [0.29, 0.717) is 0 Å². The Morgan fingerprint density at radius 2 is 1.41 bits per heavy atom. The first kappa shape index (κ1) is 24.3. The first-order valence-electron chi connectivity index (χ1n) is 12.6. The molecule has 0 aliphatic carbocycles. The number of hydrogen-bond donors (Lipinski definition) is 0. The van der Waals surface area contributed by atoms with E-state index in [9.17, 15) is 0 Å². The molecule has 5 rings (SSSR count). The van der Waals surface area contributed by atoms with Crippen molar-refractivity contribution in [1.82, 2.24) is 0 Å². The van der Waals surface area contributed by atoms with E-state index in [1.165, 1.54) is 16.9 Å². The molecule has 37 heavy (non-hydrogen) atoms. The topological polar surface area (TPSA) is 34.4 Å². The minimum atomic E-state index is 0.135. The normalized spacial score (nSPS) is 15.2. The Bertz CT molecular complexity index is 1390. The second kappa shape index (κ2) is 10.7. The van der Waals surface area contributed by atoms with Crippen LogP contribution in [0.25, 0.3) is 0 Å². The molecular formula is C32H33N5. The molecule has 0 amide bonds. The van der Waals surface area contributed by atoms with Crippen molar-refractivity contribution < 1.29 is 0 Å². The monoisotopic (exact) mass is 487 g/mol. The summed E-state index contributed by atoms with van der Waals surface area (Å²) in [4.78, 5) is 8.97. The first-order valence-corrected chi connectivity index (χ1v) is 12.6. The summed E-state index contributed by atoms with van der Waals surface area (Å²) in [6.45, 7) is 0. The molecule has 0 saturated carbocycles. The van der Waals surface area contributed by atoms with Crippen LogP contribution in [0.1, 0.15) is 29.2 Å². The minimum absolute atomic E-state index is 0.135. The van der Waals surface area contributed by atoms with Gasteiger partial charge in [-0.2, -0.15) is 5.10 Å². The van der Waals surface area contributed by atoms with E-state index in [1.807, 2.05) is 32.4 Å². The van der Waals surface area contributed by atoms with Gasteiger partial charge in [0.05, 0.1) is 23.1 Å². The molecule has 0 fully saturated rings. The standard InChI is InChI=1S/C32H33N5/c1-35(2)28-17-13-24(14-18-28)23-33-27-10-8-9-26(21-27)31-22-32(25-15-19-29(20-16-25)36(3)4)37(34-31)30-11-6-5-7-12-30/h5-21,23,32H,22H2,1-4H3. The van der Waals surface area contributed by atoms with Crippen LogP contribution in [-0.2, 0) is 0 Å². The summed E-state index contributed by atoms with van der Waals surface area (Å²) in [5.74, 6) is 0. The zero-order valence-electron chi connectivity index (χ0n) is 21.9. The van der Waals surface area contributed by atoms with Crippen molar-refractivity contribution in [1.29, 1.82) is 0 Å². The highest BCUT2D eigenvalue weighted by atomic mass is 15.5. The van der Waals surface area contributed by atoms with Gasteiger partial charge >= 0.3 is 0 Å². The van der Waals surface area contributed by atoms with Gasteiger partial charge < -0.3 is 9.80 Å². The zero-order chi connectivity index (χ0) is 25.8. The Morgan fingerprint density at radius 3 is 2.05 bits per heavy atom. The summed E-state index contributed by atoms with van der Waals surface area (Å²) in [6, 6.07) is 36.1. The summed E-state index contributed by atoms with van der Waals surface area (Å²) in [5, 5.41) is 7.27. The van der Waals surface area contributed by atoms with Crippen molar-refractivity contribution in [2.45, 2.75) is 12.5 Å². The maximum Gasteiger partial charge on any atom is 0.0831 e. The third-order valence-electron chi connectivity index (χ3n) is 6.68. The lowest BCUT2D eigenvalue weighted by Gasteiger charge is -2.24. The number of hydrazone groups is 1. The highest BCUT2D eigenvalue weighted by Gasteiger charge is 2.30. The van der Waals surface area contributed by atoms with Crippen LogP contribution in [-0.4, -0.2) is 40.1 Å². The number of hydrogen-bond acceptors (Lipinski definition) is 5. The molecule has 186 valence electrons. The van der Waals surface area contributed by atoms with Gasteiger partial charge in [0.15, 0.2) is 0 Å². The van der Waals surface area contributed by atoms with Crippen LogP contribution in [0.3, 0.4) is 0 Å². The fourth-order valence-electron chi connectivity index (χ4n) is 4.53. The summed E-state index contributed by atoms with van der Waals surface area (Å²) < 4.78 is 0. The van der Waals surface area contributed by atoms with Crippen LogP contribution in [0.15, 0.2) is 113 Å². The molecule has 1 atom stereocenters. The number of benzene rings is 4. The van der Waals surface area contributed by atoms with Crippen LogP contribution in [0.4, 0.5) is 22.7 Å². The molecule has 1 aliphatic rings. The largest absolute Gasteiger partial charge is 0.378 e. The summed E-state index contributed by atoms with van der Waals surface area (Å²) in [6.07, 6.45) is 2.75. The number of aliphatic imine (C=N–C) groups is 1. The number of para-hydroxylation sites is 1. The summed E-state index contributed by atoms with van der Waals surface area (Å²) in [7, 11) is 8.22. The maximum absolute atomic E-state index is 5.11. The van der Waals surface area contributed by atoms with Gasteiger partial charge in [0.2, 0.25) is 0 Å². The molecule has 1 aliphatic heterocycles. The van der Waals surface area contributed by atoms with Crippen molar-refractivity contribution in [2.75, 3.05) is 43.0 Å². The van der Waals surface area contributed by atoms with Gasteiger partial charge in [0, 0.05) is 52.2 Å². The Balaban J connectivity index is 1.41. The van der Waals surface area contributed by atoms with Gasteiger partial charge in [-0.15, -0.1) is 0 Å². The Kier molecular flexibility index (Phi) is 7.04. The third kappa shape index (κ3) is 5.56. The van der Waals surface area contributed by atoms with Crippen molar-refractivity contribution in [3.05, 3.63) is 120 Å². The van der Waals surface area contributed by atoms with Crippen LogP contribution in [0, 0.1) is 0 Å². The molecule has 0 spiro atoms. The number of nitrogens with zero attached hydrogens (tertiary/aromatic N) is 5. The molecule has 0 radical (unpaired) electrons. The van der Waals surface area contributed by atoms with Gasteiger partial charge in [-0.3, -0.25) is 10.0 Å². The molecule has 4 aromatic rings. The molecule has 1 unspecified atom stereocenters. The van der Waals surface area contributed by atoms with Crippen LogP contribution < -0.4 is 14.8 Å². The number of anilines is 3. The first-order chi connectivity index (χ1) is 18.0. The predicted molar refractivity (Wildman–Crippen MR) is 158 cm³/mol. The van der Waals surface area contributed by atoms with E-state index in [-0.39, 0.29) is 6.04 Å². The zero-order valence-corrected chi connectivity index (χ0v) is 21.9. The molecule has 0 aromatic heterocycles. The molecular weight excluding hydrogens is 454 g/mol. The van der Waals surface area contributed by atoms with E-state index < -0.39 is 0 Å². The smallest absolute Gasteiger partial charge is 0.0831 e. The van der Waals surface area contributed by atoms with Crippen LogP contribution in [0.5, 0.6) is 0 Å². The van der Waals surface area contributed by atoms with Gasteiger partial charge in [-0.1, -0.05) is 54.6 Å². The molecule has 0 bridgehead atoms. The van der Waals surface area contributed by atoms with Crippen LogP contribution in [0.2, 0.25) is 0 Å². The Hall–Kier alpha value is -4.38. The lowest BCUT2D eigenvalue weighted by Crippen LogP contribution is -2.18. The van der Waals surface area contributed by atoms with Gasteiger partial charge in [-0.25, -0.2) is 0 Å². The van der Waals surface area contributed by atoms with Crippen molar-refractivity contribution in [3.63, 3.8) is 0 Å². The quantitative estimate of drug-likeness (QED) is 0.265. The lowest BCUT2D eigenvalue weighted by atomic mass is 9.97. The van der Waals surface area contributed by atoms with Crippen molar-refractivity contribution in [2.24, 2.45) is 10.1 Å². The summed E-state index contributed by atoms with van der Waals surface area (Å²) in [5.41, 5.74) is 8.87. The van der Waals surface area contributed by atoms with E-state index in [4.69, 9.17) is 10.1 Å². The minimum Gasteiger partial charge on any atom is -0.378 e. The van der Waals surface area contributed by atoms with E-state index in [1.54, 1.807) is 0 Å².